The Morgan fingerprint density at radius 1 is 1.09 bits per heavy atom. The van der Waals surface area contributed by atoms with Crippen LogP contribution in [0.3, 0.4) is 0 Å². The molecule has 1 aliphatic rings. The molecule has 1 aliphatic heterocycles. The number of anilines is 1. The van der Waals surface area contributed by atoms with Crippen LogP contribution in [0.2, 0.25) is 0 Å². The number of hydrogen-bond donors (Lipinski definition) is 0. The van der Waals surface area contributed by atoms with Gasteiger partial charge in [0.15, 0.2) is 6.86 Å². The van der Waals surface area contributed by atoms with Crippen LogP contribution in [0.5, 0.6) is 0 Å². The van der Waals surface area contributed by atoms with Crippen LogP contribution in [-0.2, 0) is 15.9 Å². The molecule has 0 radical (unpaired) electrons. The Morgan fingerprint density at radius 3 is 2.61 bits per heavy atom. The summed E-state index contributed by atoms with van der Waals surface area (Å²) in [4.78, 5) is 6.82. The Bertz CT molecular complexity index is 623. The fourth-order valence-electron chi connectivity index (χ4n) is 2.94. The molecule has 4 nitrogen and oxygen atoms in total. The standard InChI is InChI=1S/C18H21FN2O2/c1-22-16-11-21(12-17(16)23-13-19)18-9-5-8-15(20-18)10-14-6-3-2-4-7-14/h2-9,16-17H,10-13H2,1H3/t16-,17+/m0/s1. The summed E-state index contributed by atoms with van der Waals surface area (Å²) in [6.45, 7) is 0.451. The second-order valence-electron chi connectivity index (χ2n) is 5.64. The zero-order chi connectivity index (χ0) is 16.1. The smallest absolute Gasteiger partial charge is 0.188 e. The lowest BCUT2D eigenvalue weighted by Gasteiger charge is -2.17. The molecular weight excluding hydrogens is 295 g/mol. The van der Waals surface area contributed by atoms with E-state index in [0.29, 0.717) is 13.1 Å². The van der Waals surface area contributed by atoms with Crippen LogP contribution in [-0.4, -0.2) is 44.3 Å². The molecule has 3 rings (SSSR count). The van der Waals surface area contributed by atoms with E-state index in [2.05, 4.69) is 17.0 Å². The molecule has 0 bridgehead atoms. The predicted octanol–water partition coefficient (Wildman–Crippen LogP) is 2.82. The van der Waals surface area contributed by atoms with Crippen molar-refractivity contribution in [2.75, 3.05) is 32.0 Å². The molecule has 0 spiro atoms. The lowest BCUT2D eigenvalue weighted by Crippen LogP contribution is -2.28. The largest absolute Gasteiger partial charge is 0.377 e. The molecule has 0 unspecified atom stereocenters. The average Bonchev–Trinajstić information content (AvgIpc) is 3.00. The molecule has 1 fully saturated rings. The van der Waals surface area contributed by atoms with Gasteiger partial charge in [0.1, 0.15) is 18.0 Å². The highest BCUT2D eigenvalue weighted by Crippen LogP contribution is 2.23. The maximum absolute atomic E-state index is 12.5. The van der Waals surface area contributed by atoms with Crippen LogP contribution in [0.25, 0.3) is 0 Å². The molecule has 2 heterocycles. The number of alkyl halides is 1. The van der Waals surface area contributed by atoms with E-state index in [9.17, 15) is 4.39 Å². The van der Waals surface area contributed by atoms with Crippen LogP contribution in [0.1, 0.15) is 11.3 Å². The van der Waals surface area contributed by atoms with Gasteiger partial charge in [-0.1, -0.05) is 36.4 Å². The van der Waals surface area contributed by atoms with Crippen molar-refractivity contribution in [2.24, 2.45) is 0 Å². The minimum atomic E-state index is -0.792. The van der Waals surface area contributed by atoms with E-state index in [1.54, 1.807) is 7.11 Å². The van der Waals surface area contributed by atoms with E-state index in [0.717, 1.165) is 17.9 Å². The van der Waals surface area contributed by atoms with Gasteiger partial charge in [0, 0.05) is 32.3 Å². The highest BCUT2D eigenvalue weighted by Gasteiger charge is 2.34. The third-order valence-corrected chi connectivity index (χ3v) is 4.14. The van der Waals surface area contributed by atoms with Crippen LogP contribution in [0.15, 0.2) is 48.5 Å². The third kappa shape index (κ3) is 3.86. The molecule has 1 aromatic heterocycles. The van der Waals surface area contributed by atoms with Crippen molar-refractivity contribution in [1.82, 2.24) is 4.98 Å². The molecule has 2 atom stereocenters. The number of ether oxygens (including phenoxy) is 2. The first-order valence-corrected chi connectivity index (χ1v) is 7.75. The van der Waals surface area contributed by atoms with E-state index < -0.39 is 6.86 Å². The normalized spacial score (nSPS) is 20.9. The van der Waals surface area contributed by atoms with Crippen LogP contribution < -0.4 is 4.90 Å². The SMILES string of the molecule is CO[C@H]1CN(c2cccc(Cc3ccccc3)n2)C[C@H]1OCF. The Labute approximate surface area is 135 Å². The van der Waals surface area contributed by atoms with E-state index in [-0.39, 0.29) is 12.2 Å². The van der Waals surface area contributed by atoms with Gasteiger partial charge in [0.2, 0.25) is 0 Å². The molecule has 0 N–H and O–H groups in total. The van der Waals surface area contributed by atoms with Crippen LogP contribution in [0, 0.1) is 0 Å². The molecule has 122 valence electrons. The number of rotatable bonds is 6. The maximum Gasteiger partial charge on any atom is 0.188 e. The van der Waals surface area contributed by atoms with Gasteiger partial charge in [0.25, 0.3) is 0 Å². The van der Waals surface area contributed by atoms with Gasteiger partial charge in [-0.2, -0.15) is 0 Å². The van der Waals surface area contributed by atoms with Crippen molar-refractivity contribution in [3.05, 3.63) is 59.8 Å². The summed E-state index contributed by atoms with van der Waals surface area (Å²) in [6.07, 6.45) is 0.399. The molecule has 23 heavy (non-hydrogen) atoms. The first-order chi connectivity index (χ1) is 11.3. The highest BCUT2D eigenvalue weighted by atomic mass is 19.1. The highest BCUT2D eigenvalue weighted by molar-refractivity contribution is 5.42. The molecule has 1 aromatic carbocycles. The fraction of sp³-hybridized carbons (Fsp3) is 0.389. The number of benzene rings is 1. The monoisotopic (exact) mass is 316 g/mol. The topological polar surface area (TPSA) is 34.6 Å². The van der Waals surface area contributed by atoms with Crippen molar-refractivity contribution in [2.45, 2.75) is 18.6 Å². The third-order valence-electron chi connectivity index (χ3n) is 4.14. The van der Waals surface area contributed by atoms with Gasteiger partial charge in [0.05, 0.1) is 0 Å². The minimum absolute atomic E-state index is 0.134. The van der Waals surface area contributed by atoms with Gasteiger partial charge < -0.3 is 14.4 Å². The lowest BCUT2D eigenvalue weighted by molar-refractivity contribution is -0.0590. The van der Waals surface area contributed by atoms with Crippen molar-refractivity contribution in [1.29, 1.82) is 0 Å². The zero-order valence-electron chi connectivity index (χ0n) is 13.2. The number of halogens is 1. The van der Waals surface area contributed by atoms with Crippen molar-refractivity contribution in [3.63, 3.8) is 0 Å². The van der Waals surface area contributed by atoms with Gasteiger partial charge in [-0.05, 0) is 17.7 Å². The van der Waals surface area contributed by atoms with Gasteiger partial charge in [-0.3, -0.25) is 0 Å². The van der Waals surface area contributed by atoms with Crippen LogP contribution >= 0.6 is 0 Å². The van der Waals surface area contributed by atoms with Crippen molar-refractivity contribution < 1.29 is 13.9 Å². The predicted molar refractivity (Wildman–Crippen MR) is 87.3 cm³/mol. The van der Waals surface area contributed by atoms with Gasteiger partial charge in [-0.25, -0.2) is 9.37 Å². The zero-order valence-corrected chi connectivity index (χ0v) is 13.2. The van der Waals surface area contributed by atoms with Crippen molar-refractivity contribution in [3.8, 4) is 0 Å². The van der Waals surface area contributed by atoms with E-state index in [4.69, 9.17) is 14.5 Å². The van der Waals surface area contributed by atoms with E-state index >= 15 is 0 Å². The van der Waals surface area contributed by atoms with E-state index in [1.807, 2.05) is 36.4 Å². The first-order valence-electron chi connectivity index (χ1n) is 7.75. The molecular formula is C18H21FN2O2. The van der Waals surface area contributed by atoms with Gasteiger partial charge in [-0.15, -0.1) is 0 Å². The Balaban J connectivity index is 1.72. The van der Waals surface area contributed by atoms with Crippen LogP contribution in [0.4, 0.5) is 10.2 Å². The summed E-state index contributed by atoms with van der Waals surface area (Å²) < 4.78 is 23.0. The summed E-state index contributed by atoms with van der Waals surface area (Å²) in [6, 6.07) is 16.3. The molecule has 5 heteroatoms. The fourth-order valence-corrected chi connectivity index (χ4v) is 2.94. The summed E-state index contributed by atoms with van der Waals surface area (Å²) in [5.74, 6) is 0.880. The second-order valence-corrected chi connectivity index (χ2v) is 5.64. The van der Waals surface area contributed by atoms with Gasteiger partial charge >= 0.3 is 0 Å². The molecule has 0 aliphatic carbocycles. The number of pyridine rings is 1. The Kier molecular flexibility index (Phi) is 5.20. The number of hydrogen-bond acceptors (Lipinski definition) is 4. The van der Waals surface area contributed by atoms with Crippen molar-refractivity contribution >= 4 is 5.82 Å². The second kappa shape index (κ2) is 7.53. The number of nitrogens with zero attached hydrogens (tertiary/aromatic N) is 2. The Hall–Kier alpha value is -1.98. The molecule has 1 saturated heterocycles. The summed E-state index contributed by atoms with van der Waals surface area (Å²) >= 11 is 0. The first kappa shape index (κ1) is 15.9. The Morgan fingerprint density at radius 2 is 1.87 bits per heavy atom. The maximum atomic E-state index is 12.5. The summed E-state index contributed by atoms with van der Waals surface area (Å²) in [7, 11) is 1.63. The summed E-state index contributed by atoms with van der Waals surface area (Å²) in [5.41, 5.74) is 2.24. The minimum Gasteiger partial charge on any atom is -0.377 e. The number of methoxy groups -OCH3 is 1. The quantitative estimate of drug-likeness (QED) is 0.821. The molecule has 0 saturated carbocycles. The molecule has 0 amide bonds. The lowest BCUT2D eigenvalue weighted by atomic mass is 10.1. The summed E-state index contributed by atoms with van der Waals surface area (Å²) in [5, 5.41) is 0. The van der Waals surface area contributed by atoms with E-state index in [1.165, 1.54) is 5.56 Å². The average molecular weight is 316 g/mol. The number of aromatic nitrogens is 1. The molecule has 2 aromatic rings.